The number of rotatable bonds is 5. The van der Waals surface area contributed by atoms with Crippen LogP contribution in [0.5, 0.6) is 0 Å². The van der Waals surface area contributed by atoms with Crippen LogP contribution in [0, 0.1) is 6.92 Å². The molecule has 0 spiro atoms. The normalized spacial score (nSPS) is 18.2. The number of nitrogens with one attached hydrogen (secondary N) is 1. The summed E-state index contributed by atoms with van der Waals surface area (Å²) in [5.74, 6) is 0.882. The summed E-state index contributed by atoms with van der Waals surface area (Å²) in [4.78, 5) is 15.6. The lowest BCUT2D eigenvalue weighted by Gasteiger charge is -2.28. The summed E-state index contributed by atoms with van der Waals surface area (Å²) in [6.45, 7) is 2.72. The van der Waals surface area contributed by atoms with E-state index in [0.29, 0.717) is 11.7 Å². The molecule has 0 radical (unpaired) electrons. The molecule has 154 valence electrons. The first-order valence-corrected chi connectivity index (χ1v) is 10.6. The van der Waals surface area contributed by atoms with Crippen LogP contribution in [0.2, 0.25) is 0 Å². The van der Waals surface area contributed by atoms with Gasteiger partial charge in [-0.25, -0.2) is 4.98 Å². The van der Waals surface area contributed by atoms with Gasteiger partial charge in [-0.15, -0.1) is 0 Å². The smallest absolute Gasteiger partial charge is 0.170 e. The molecule has 0 aliphatic carbocycles. The predicted octanol–water partition coefficient (Wildman–Crippen LogP) is 4.14. The number of thiocarbonyl (C=S) groups is 1. The Morgan fingerprint density at radius 2 is 1.84 bits per heavy atom. The molecule has 5 rings (SSSR count). The van der Waals surface area contributed by atoms with Gasteiger partial charge < -0.3 is 14.8 Å². The van der Waals surface area contributed by atoms with Gasteiger partial charge >= 0.3 is 0 Å². The second kappa shape index (κ2) is 8.28. The van der Waals surface area contributed by atoms with Crippen LogP contribution in [0.15, 0.2) is 85.6 Å². The summed E-state index contributed by atoms with van der Waals surface area (Å²) in [7, 11) is 0. The molecule has 1 aliphatic rings. The third kappa shape index (κ3) is 3.80. The van der Waals surface area contributed by atoms with Crippen LogP contribution in [0.3, 0.4) is 0 Å². The number of aromatic nitrogens is 4. The van der Waals surface area contributed by atoms with Crippen molar-refractivity contribution in [3.05, 3.63) is 108 Å². The quantitative estimate of drug-likeness (QED) is 0.484. The van der Waals surface area contributed by atoms with E-state index in [0.717, 1.165) is 28.3 Å². The molecular weight excluding hydrogens is 404 g/mol. The summed E-state index contributed by atoms with van der Waals surface area (Å²) in [5.41, 5.74) is 4.34. The van der Waals surface area contributed by atoms with E-state index >= 15 is 0 Å². The Morgan fingerprint density at radius 3 is 2.58 bits per heavy atom. The number of hydrogen-bond acceptors (Lipinski definition) is 4. The summed E-state index contributed by atoms with van der Waals surface area (Å²) in [6.07, 6.45) is 9.39. The molecule has 2 atom stereocenters. The van der Waals surface area contributed by atoms with Crippen molar-refractivity contribution in [1.29, 1.82) is 0 Å². The predicted molar refractivity (Wildman–Crippen MR) is 124 cm³/mol. The third-order valence-electron chi connectivity index (χ3n) is 5.53. The van der Waals surface area contributed by atoms with Gasteiger partial charge in [0.05, 0.1) is 17.8 Å². The second-order valence-corrected chi connectivity index (χ2v) is 7.99. The van der Waals surface area contributed by atoms with Gasteiger partial charge in [-0.3, -0.25) is 9.97 Å². The van der Waals surface area contributed by atoms with Crippen molar-refractivity contribution in [3.63, 3.8) is 0 Å². The van der Waals surface area contributed by atoms with E-state index in [1.165, 1.54) is 0 Å². The van der Waals surface area contributed by atoms with Gasteiger partial charge in [0.1, 0.15) is 5.82 Å². The largest absolute Gasteiger partial charge is 0.352 e. The highest BCUT2D eigenvalue weighted by atomic mass is 32.1. The fourth-order valence-electron chi connectivity index (χ4n) is 4.03. The average molecular weight is 427 g/mol. The molecule has 7 heteroatoms. The molecule has 1 N–H and O–H groups in total. The highest BCUT2D eigenvalue weighted by Gasteiger charge is 2.41. The van der Waals surface area contributed by atoms with Crippen molar-refractivity contribution >= 4 is 17.3 Å². The topological polar surface area (TPSA) is 58.9 Å². The lowest BCUT2D eigenvalue weighted by atomic mass is 10.0. The fourth-order valence-corrected chi connectivity index (χ4v) is 4.33. The van der Waals surface area contributed by atoms with Crippen LogP contribution in [-0.2, 0) is 6.54 Å². The second-order valence-electron chi connectivity index (χ2n) is 7.61. The maximum absolute atomic E-state index is 5.79. The van der Waals surface area contributed by atoms with E-state index in [-0.39, 0.29) is 12.1 Å². The molecule has 1 aliphatic heterocycles. The minimum absolute atomic E-state index is 0.0475. The fraction of sp³-hybridized carbons (Fsp3) is 0.167. The van der Waals surface area contributed by atoms with Gasteiger partial charge in [-0.1, -0.05) is 12.1 Å². The van der Waals surface area contributed by atoms with E-state index < -0.39 is 0 Å². The molecule has 31 heavy (non-hydrogen) atoms. The molecule has 0 aromatic carbocycles. The van der Waals surface area contributed by atoms with Crippen molar-refractivity contribution < 1.29 is 0 Å². The maximum atomic E-state index is 5.79. The van der Waals surface area contributed by atoms with Gasteiger partial charge in [0.25, 0.3) is 0 Å². The van der Waals surface area contributed by atoms with Crippen LogP contribution < -0.4 is 5.32 Å². The molecule has 5 heterocycles. The average Bonchev–Trinajstić information content (AvgIpc) is 3.40. The number of hydrogen-bond donors (Lipinski definition) is 1. The van der Waals surface area contributed by atoms with Gasteiger partial charge in [-0.2, -0.15) is 0 Å². The molecule has 0 bridgehead atoms. The van der Waals surface area contributed by atoms with Crippen LogP contribution in [0.1, 0.15) is 34.6 Å². The van der Waals surface area contributed by atoms with Crippen molar-refractivity contribution in [2.75, 3.05) is 0 Å². The molecular formula is C24H22N6S. The third-order valence-corrected chi connectivity index (χ3v) is 5.88. The Bertz CT molecular complexity index is 1170. The first-order valence-electron chi connectivity index (χ1n) is 10.2. The van der Waals surface area contributed by atoms with Crippen LogP contribution in [-0.4, -0.2) is 29.5 Å². The molecule has 4 aromatic rings. The Morgan fingerprint density at radius 1 is 0.968 bits per heavy atom. The van der Waals surface area contributed by atoms with Crippen molar-refractivity contribution in [2.45, 2.75) is 25.6 Å². The zero-order chi connectivity index (χ0) is 21.2. The lowest BCUT2D eigenvalue weighted by molar-refractivity contribution is 0.302. The van der Waals surface area contributed by atoms with E-state index in [9.17, 15) is 0 Å². The molecule has 6 nitrogen and oxygen atoms in total. The highest BCUT2D eigenvalue weighted by molar-refractivity contribution is 7.80. The number of nitrogens with zero attached hydrogens (tertiary/aromatic N) is 5. The zero-order valence-corrected chi connectivity index (χ0v) is 17.9. The van der Waals surface area contributed by atoms with Gasteiger partial charge in [-0.05, 0) is 72.7 Å². The van der Waals surface area contributed by atoms with Crippen molar-refractivity contribution in [1.82, 2.24) is 29.7 Å². The Labute approximate surface area is 186 Å². The maximum Gasteiger partial charge on any atom is 0.170 e. The molecule has 0 unspecified atom stereocenters. The van der Waals surface area contributed by atoms with E-state index in [4.69, 9.17) is 12.2 Å². The zero-order valence-electron chi connectivity index (χ0n) is 17.1. The van der Waals surface area contributed by atoms with E-state index in [1.54, 1.807) is 0 Å². The van der Waals surface area contributed by atoms with Crippen molar-refractivity contribution in [3.8, 4) is 5.82 Å². The Kier molecular flexibility index (Phi) is 5.18. The van der Waals surface area contributed by atoms with Crippen molar-refractivity contribution in [2.24, 2.45) is 0 Å². The molecule has 0 amide bonds. The van der Waals surface area contributed by atoms with Crippen LogP contribution in [0.4, 0.5) is 0 Å². The highest BCUT2D eigenvalue weighted by Crippen LogP contribution is 2.40. The SMILES string of the molecule is Cc1ccc(-n2cccc2[C@@H]2[C@@H](c3ccccn3)NC(=S)N2Cc2ccncc2)nc1. The van der Waals surface area contributed by atoms with Crippen LogP contribution in [0.25, 0.3) is 5.82 Å². The molecule has 1 fully saturated rings. The summed E-state index contributed by atoms with van der Waals surface area (Å²) < 4.78 is 2.13. The summed E-state index contributed by atoms with van der Waals surface area (Å²) in [6, 6.07) is 18.2. The number of pyridine rings is 3. The standard InChI is InChI=1S/C24H22N6S/c1-17-7-8-21(27-15-17)29-14-4-6-20(29)23-22(19-5-2-3-11-26-19)28-24(31)30(23)16-18-9-12-25-13-10-18/h2-15,22-23H,16H2,1H3,(H,28,31)/t22-,23-/m1/s1. The van der Waals surface area contributed by atoms with Crippen LogP contribution >= 0.6 is 12.2 Å². The summed E-state index contributed by atoms with van der Waals surface area (Å²) >= 11 is 5.79. The van der Waals surface area contributed by atoms with Gasteiger partial charge in [0, 0.05) is 43.2 Å². The Balaban J connectivity index is 1.60. The van der Waals surface area contributed by atoms with Gasteiger partial charge in [0.2, 0.25) is 0 Å². The molecule has 0 saturated carbocycles. The number of aryl methyl sites for hydroxylation is 1. The Hall–Kier alpha value is -3.58. The molecule has 1 saturated heterocycles. The van der Waals surface area contributed by atoms with E-state index in [1.807, 2.05) is 68.1 Å². The first-order chi connectivity index (χ1) is 15.2. The minimum atomic E-state index is -0.0744. The first kappa shape index (κ1) is 19.4. The minimum Gasteiger partial charge on any atom is -0.352 e. The van der Waals surface area contributed by atoms with Gasteiger partial charge in [0.15, 0.2) is 5.11 Å². The summed E-state index contributed by atoms with van der Waals surface area (Å²) in [5, 5.41) is 4.22. The monoisotopic (exact) mass is 426 g/mol. The lowest BCUT2D eigenvalue weighted by Crippen LogP contribution is -2.30. The van der Waals surface area contributed by atoms with E-state index in [2.05, 4.69) is 54.1 Å². The molecule has 4 aromatic heterocycles.